The lowest BCUT2D eigenvalue weighted by atomic mass is 10.3. The lowest BCUT2D eigenvalue weighted by Crippen LogP contribution is -2.24. The number of aryl methyl sites for hydroxylation is 1. The minimum atomic E-state index is -0.336. The molecule has 84 valence electrons. The molecule has 1 atom stereocenters. The molecule has 4 nitrogen and oxygen atoms in total. The van der Waals surface area contributed by atoms with E-state index in [-0.39, 0.29) is 6.10 Å². The smallest absolute Gasteiger partial charge is 0.122 e. The van der Waals surface area contributed by atoms with Gasteiger partial charge in [0.25, 0.3) is 0 Å². The largest absolute Gasteiger partial charge is 0.497 e. The summed E-state index contributed by atoms with van der Waals surface area (Å²) in [5.41, 5.74) is 1.86. The van der Waals surface area contributed by atoms with Crippen LogP contribution >= 0.6 is 0 Å². The zero-order valence-corrected chi connectivity index (χ0v) is 9.45. The standard InChI is InChI=1S/C11H18N2O2/c1-8-4-11(15-3)5-10(13-8)7-12-6-9(2)14/h4-5,9,12,14H,6-7H2,1-3H3/t9-/m0/s1. The number of pyridine rings is 1. The van der Waals surface area contributed by atoms with E-state index < -0.39 is 0 Å². The summed E-state index contributed by atoms with van der Waals surface area (Å²) in [7, 11) is 1.64. The second kappa shape index (κ2) is 5.68. The fraction of sp³-hybridized carbons (Fsp3) is 0.545. The Morgan fingerprint density at radius 1 is 1.53 bits per heavy atom. The Kier molecular flexibility index (Phi) is 4.52. The van der Waals surface area contributed by atoms with Gasteiger partial charge in [0.1, 0.15) is 5.75 Å². The monoisotopic (exact) mass is 210 g/mol. The van der Waals surface area contributed by atoms with E-state index in [4.69, 9.17) is 9.84 Å². The van der Waals surface area contributed by atoms with E-state index in [1.165, 1.54) is 0 Å². The second-order valence-corrected chi connectivity index (χ2v) is 3.62. The van der Waals surface area contributed by atoms with Gasteiger partial charge in [-0.1, -0.05) is 0 Å². The summed E-state index contributed by atoms with van der Waals surface area (Å²) in [4.78, 5) is 4.35. The average Bonchev–Trinajstić information content (AvgIpc) is 2.16. The maximum Gasteiger partial charge on any atom is 0.122 e. The van der Waals surface area contributed by atoms with Gasteiger partial charge in [-0.3, -0.25) is 4.98 Å². The maximum absolute atomic E-state index is 9.08. The van der Waals surface area contributed by atoms with Crippen molar-refractivity contribution in [2.75, 3.05) is 13.7 Å². The van der Waals surface area contributed by atoms with Crippen LogP contribution in [0.4, 0.5) is 0 Å². The lowest BCUT2D eigenvalue weighted by molar-refractivity contribution is 0.191. The number of rotatable bonds is 5. The molecule has 0 amide bonds. The van der Waals surface area contributed by atoms with E-state index in [0.29, 0.717) is 13.1 Å². The molecule has 0 aliphatic heterocycles. The van der Waals surface area contributed by atoms with E-state index in [9.17, 15) is 0 Å². The van der Waals surface area contributed by atoms with Crippen molar-refractivity contribution in [3.8, 4) is 5.75 Å². The number of aliphatic hydroxyl groups is 1. The number of nitrogens with zero attached hydrogens (tertiary/aromatic N) is 1. The van der Waals surface area contributed by atoms with Crippen LogP contribution in [0.25, 0.3) is 0 Å². The summed E-state index contributed by atoms with van der Waals surface area (Å²) >= 11 is 0. The van der Waals surface area contributed by atoms with Gasteiger partial charge in [0, 0.05) is 30.9 Å². The van der Waals surface area contributed by atoms with E-state index >= 15 is 0 Å². The third-order valence-electron chi connectivity index (χ3n) is 1.96. The molecule has 0 saturated heterocycles. The van der Waals surface area contributed by atoms with Crippen LogP contribution in [-0.4, -0.2) is 29.8 Å². The molecule has 1 heterocycles. The van der Waals surface area contributed by atoms with E-state index in [2.05, 4.69) is 10.3 Å². The van der Waals surface area contributed by atoms with Gasteiger partial charge in [0.05, 0.1) is 18.9 Å². The molecule has 2 N–H and O–H groups in total. The zero-order valence-electron chi connectivity index (χ0n) is 9.45. The molecule has 1 rings (SSSR count). The number of hydrogen-bond donors (Lipinski definition) is 2. The minimum absolute atomic E-state index is 0.336. The fourth-order valence-corrected chi connectivity index (χ4v) is 1.32. The summed E-state index contributed by atoms with van der Waals surface area (Å²) in [6.07, 6.45) is -0.336. The number of aliphatic hydroxyl groups excluding tert-OH is 1. The Hall–Kier alpha value is -1.13. The highest BCUT2D eigenvalue weighted by Gasteiger charge is 2.01. The highest BCUT2D eigenvalue weighted by Crippen LogP contribution is 2.12. The van der Waals surface area contributed by atoms with Crippen LogP contribution in [0, 0.1) is 6.92 Å². The molecule has 15 heavy (non-hydrogen) atoms. The molecule has 0 bridgehead atoms. The molecule has 0 saturated carbocycles. The van der Waals surface area contributed by atoms with Crippen molar-refractivity contribution in [1.29, 1.82) is 0 Å². The Bertz CT molecular complexity index is 313. The normalized spacial score (nSPS) is 12.5. The van der Waals surface area contributed by atoms with Crippen LogP contribution in [-0.2, 0) is 6.54 Å². The van der Waals surface area contributed by atoms with Gasteiger partial charge in [0.2, 0.25) is 0 Å². The van der Waals surface area contributed by atoms with E-state index in [0.717, 1.165) is 17.1 Å². The summed E-state index contributed by atoms with van der Waals surface area (Å²) in [6, 6.07) is 3.78. The second-order valence-electron chi connectivity index (χ2n) is 3.62. The molecule has 0 aliphatic rings. The predicted molar refractivity (Wildman–Crippen MR) is 58.9 cm³/mol. The molecular weight excluding hydrogens is 192 g/mol. The van der Waals surface area contributed by atoms with Gasteiger partial charge in [-0.15, -0.1) is 0 Å². The molecule has 0 fully saturated rings. The number of methoxy groups -OCH3 is 1. The minimum Gasteiger partial charge on any atom is -0.497 e. The first-order chi connectivity index (χ1) is 7.11. The Balaban J connectivity index is 2.56. The molecular formula is C11H18N2O2. The Labute approximate surface area is 90.3 Å². The van der Waals surface area contributed by atoms with Crippen LogP contribution in [0.3, 0.4) is 0 Å². The number of ether oxygens (including phenoxy) is 1. The van der Waals surface area contributed by atoms with Gasteiger partial charge >= 0.3 is 0 Å². The van der Waals surface area contributed by atoms with Crippen molar-refractivity contribution in [3.63, 3.8) is 0 Å². The molecule has 0 spiro atoms. The van der Waals surface area contributed by atoms with Crippen molar-refractivity contribution in [1.82, 2.24) is 10.3 Å². The number of aromatic nitrogens is 1. The Morgan fingerprint density at radius 3 is 2.87 bits per heavy atom. The van der Waals surface area contributed by atoms with Crippen molar-refractivity contribution in [2.45, 2.75) is 26.5 Å². The first kappa shape index (κ1) is 11.9. The van der Waals surface area contributed by atoms with Crippen LogP contribution in [0.2, 0.25) is 0 Å². The van der Waals surface area contributed by atoms with Gasteiger partial charge in [-0.2, -0.15) is 0 Å². The molecule has 0 radical (unpaired) electrons. The highest BCUT2D eigenvalue weighted by molar-refractivity contribution is 5.26. The van der Waals surface area contributed by atoms with Crippen LogP contribution in [0.15, 0.2) is 12.1 Å². The fourth-order valence-electron chi connectivity index (χ4n) is 1.32. The van der Waals surface area contributed by atoms with E-state index in [1.807, 2.05) is 19.1 Å². The molecule has 1 aromatic heterocycles. The van der Waals surface area contributed by atoms with Gasteiger partial charge < -0.3 is 15.2 Å². The van der Waals surface area contributed by atoms with Crippen molar-refractivity contribution in [3.05, 3.63) is 23.5 Å². The number of hydrogen-bond acceptors (Lipinski definition) is 4. The molecule has 0 aromatic carbocycles. The molecule has 0 unspecified atom stereocenters. The predicted octanol–water partition coefficient (Wildman–Crippen LogP) is 0.869. The lowest BCUT2D eigenvalue weighted by Gasteiger charge is -2.08. The summed E-state index contributed by atoms with van der Waals surface area (Å²) in [5.74, 6) is 0.816. The average molecular weight is 210 g/mol. The first-order valence-electron chi connectivity index (χ1n) is 5.02. The van der Waals surface area contributed by atoms with Crippen LogP contribution in [0.1, 0.15) is 18.3 Å². The third-order valence-corrected chi connectivity index (χ3v) is 1.96. The summed E-state index contributed by atoms with van der Waals surface area (Å²) in [5, 5.41) is 12.2. The third kappa shape index (κ3) is 4.27. The zero-order chi connectivity index (χ0) is 11.3. The van der Waals surface area contributed by atoms with Gasteiger partial charge in [-0.05, 0) is 13.8 Å². The van der Waals surface area contributed by atoms with Crippen molar-refractivity contribution >= 4 is 0 Å². The van der Waals surface area contributed by atoms with Gasteiger partial charge in [0.15, 0.2) is 0 Å². The molecule has 4 heteroatoms. The topological polar surface area (TPSA) is 54.4 Å². The van der Waals surface area contributed by atoms with E-state index in [1.54, 1.807) is 14.0 Å². The van der Waals surface area contributed by atoms with Gasteiger partial charge in [-0.25, -0.2) is 0 Å². The summed E-state index contributed by atoms with van der Waals surface area (Å²) < 4.78 is 5.15. The quantitative estimate of drug-likeness (QED) is 0.757. The molecule has 0 aliphatic carbocycles. The van der Waals surface area contributed by atoms with Crippen molar-refractivity contribution in [2.24, 2.45) is 0 Å². The first-order valence-corrected chi connectivity index (χ1v) is 5.02. The highest BCUT2D eigenvalue weighted by atomic mass is 16.5. The SMILES string of the molecule is COc1cc(C)nc(CNC[C@H](C)O)c1. The number of nitrogens with one attached hydrogen (secondary N) is 1. The maximum atomic E-state index is 9.08. The van der Waals surface area contributed by atoms with Crippen LogP contribution in [0.5, 0.6) is 5.75 Å². The van der Waals surface area contributed by atoms with Crippen LogP contribution < -0.4 is 10.1 Å². The molecule has 1 aromatic rings. The summed E-state index contributed by atoms with van der Waals surface area (Å²) in [6.45, 7) is 4.89. The Morgan fingerprint density at radius 2 is 2.27 bits per heavy atom. The van der Waals surface area contributed by atoms with Crippen molar-refractivity contribution < 1.29 is 9.84 Å².